The fourth-order valence-electron chi connectivity index (χ4n) is 1.21. The Morgan fingerprint density at radius 3 is 2.00 bits per heavy atom. The highest BCUT2D eigenvalue weighted by molar-refractivity contribution is 5.97. The summed E-state index contributed by atoms with van der Waals surface area (Å²) in [6, 6.07) is 3.70. The molecule has 0 radical (unpaired) electrons. The Morgan fingerprint density at radius 2 is 1.59 bits per heavy atom. The van der Waals surface area contributed by atoms with Crippen LogP contribution in [0.15, 0.2) is 24.3 Å². The molecule has 0 spiro atoms. The van der Waals surface area contributed by atoms with Gasteiger partial charge in [0.1, 0.15) is 0 Å². The first kappa shape index (κ1) is 13.2. The molecule has 1 aromatic carbocycles. The van der Waals surface area contributed by atoms with Crippen LogP contribution in [0.1, 0.15) is 28.8 Å². The molecule has 1 N–H and O–H groups in total. The number of benzene rings is 1. The Balaban J connectivity index is 2.74. The van der Waals surface area contributed by atoms with Gasteiger partial charge in [-0.2, -0.15) is 13.2 Å². The van der Waals surface area contributed by atoms with Crippen LogP contribution < -0.4 is 0 Å². The van der Waals surface area contributed by atoms with Crippen molar-refractivity contribution in [3.63, 3.8) is 0 Å². The number of hydrogen-bond donors (Lipinski definition) is 1. The van der Waals surface area contributed by atoms with E-state index < -0.39 is 23.5 Å². The molecular formula is C11H9F3O3. The molecule has 92 valence electrons. The fraction of sp³-hybridized carbons (Fsp3) is 0.273. The molecule has 0 aliphatic heterocycles. The summed E-state index contributed by atoms with van der Waals surface area (Å²) in [7, 11) is 0. The zero-order valence-corrected chi connectivity index (χ0v) is 8.62. The largest absolute Gasteiger partial charge is 0.481 e. The van der Waals surface area contributed by atoms with Crippen molar-refractivity contribution in [3.8, 4) is 0 Å². The van der Waals surface area contributed by atoms with Gasteiger partial charge in [0, 0.05) is 12.0 Å². The first-order valence-electron chi connectivity index (χ1n) is 4.73. The van der Waals surface area contributed by atoms with Crippen LogP contribution in [0, 0.1) is 0 Å². The Kier molecular flexibility index (Phi) is 3.88. The molecule has 0 bridgehead atoms. The fourth-order valence-corrected chi connectivity index (χ4v) is 1.21. The molecule has 0 atom stereocenters. The molecule has 0 aliphatic carbocycles. The predicted molar refractivity (Wildman–Crippen MR) is 52.6 cm³/mol. The number of carbonyl (C=O) groups excluding carboxylic acids is 1. The van der Waals surface area contributed by atoms with Crippen molar-refractivity contribution in [2.75, 3.05) is 0 Å². The SMILES string of the molecule is O=C(O)CCC(=O)c1ccc(C(F)(F)F)cc1. The molecule has 17 heavy (non-hydrogen) atoms. The number of carbonyl (C=O) groups is 2. The van der Waals surface area contributed by atoms with Crippen LogP contribution in [0.5, 0.6) is 0 Å². The highest BCUT2D eigenvalue weighted by Crippen LogP contribution is 2.29. The lowest BCUT2D eigenvalue weighted by atomic mass is 10.0. The topological polar surface area (TPSA) is 54.4 Å². The Labute approximate surface area is 94.9 Å². The van der Waals surface area contributed by atoms with E-state index in [9.17, 15) is 22.8 Å². The number of hydrogen-bond acceptors (Lipinski definition) is 2. The number of halogens is 3. The number of alkyl halides is 3. The van der Waals surface area contributed by atoms with Gasteiger partial charge in [-0.05, 0) is 12.1 Å². The number of aliphatic carboxylic acids is 1. The predicted octanol–water partition coefficient (Wildman–Crippen LogP) is 2.75. The van der Waals surface area contributed by atoms with Gasteiger partial charge in [0.05, 0.1) is 12.0 Å². The van der Waals surface area contributed by atoms with Gasteiger partial charge >= 0.3 is 12.1 Å². The van der Waals surface area contributed by atoms with Crippen molar-refractivity contribution in [1.82, 2.24) is 0 Å². The molecule has 0 saturated carbocycles. The molecule has 1 rings (SSSR count). The maximum atomic E-state index is 12.2. The molecule has 0 fully saturated rings. The summed E-state index contributed by atoms with van der Waals surface area (Å²) in [5.74, 6) is -1.61. The summed E-state index contributed by atoms with van der Waals surface area (Å²) in [5.41, 5.74) is -0.758. The van der Waals surface area contributed by atoms with Crippen molar-refractivity contribution in [2.45, 2.75) is 19.0 Å². The van der Waals surface area contributed by atoms with Crippen molar-refractivity contribution in [3.05, 3.63) is 35.4 Å². The lowest BCUT2D eigenvalue weighted by Crippen LogP contribution is -2.07. The van der Waals surface area contributed by atoms with Gasteiger partial charge < -0.3 is 5.11 Å². The van der Waals surface area contributed by atoms with Gasteiger partial charge in [0.25, 0.3) is 0 Å². The summed E-state index contributed by atoms with van der Waals surface area (Å²) in [6.45, 7) is 0. The minimum absolute atomic E-state index is 0.0826. The van der Waals surface area contributed by atoms with E-state index in [1.807, 2.05) is 0 Å². The molecule has 6 heteroatoms. The van der Waals surface area contributed by atoms with Crippen molar-refractivity contribution in [2.24, 2.45) is 0 Å². The van der Waals surface area contributed by atoms with Crippen LogP contribution in [0.3, 0.4) is 0 Å². The van der Waals surface area contributed by atoms with E-state index in [0.717, 1.165) is 24.3 Å². The quantitative estimate of drug-likeness (QED) is 0.831. The molecule has 0 heterocycles. The monoisotopic (exact) mass is 246 g/mol. The third kappa shape index (κ3) is 3.90. The van der Waals surface area contributed by atoms with Gasteiger partial charge in [0.15, 0.2) is 5.78 Å². The van der Waals surface area contributed by atoms with Gasteiger partial charge in [-0.15, -0.1) is 0 Å². The zero-order valence-electron chi connectivity index (χ0n) is 8.62. The number of carboxylic acid groups (broad SMARTS) is 1. The second-order valence-electron chi connectivity index (χ2n) is 3.39. The average molecular weight is 246 g/mol. The Bertz CT molecular complexity index is 421. The van der Waals surface area contributed by atoms with Gasteiger partial charge in [-0.25, -0.2) is 0 Å². The summed E-state index contributed by atoms with van der Waals surface area (Å²) in [6.07, 6.45) is -5.00. The Morgan fingerprint density at radius 1 is 1.06 bits per heavy atom. The van der Waals surface area contributed by atoms with E-state index in [1.54, 1.807) is 0 Å². The van der Waals surface area contributed by atoms with Crippen molar-refractivity contribution < 1.29 is 27.9 Å². The van der Waals surface area contributed by atoms with E-state index >= 15 is 0 Å². The highest BCUT2D eigenvalue weighted by atomic mass is 19.4. The molecule has 0 saturated heterocycles. The van der Waals surface area contributed by atoms with Crippen molar-refractivity contribution >= 4 is 11.8 Å². The van der Waals surface area contributed by atoms with Gasteiger partial charge in [-0.3, -0.25) is 9.59 Å². The first-order chi connectivity index (χ1) is 7.80. The van der Waals surface area contributed by atoms with Crippen LogP contribution in [-0.2, 0) is 11.0 Å². The normalized spacial score (nSPS) is 11.2. The lowest BCUT2D eigenvalue weighted by Gasteiger charge is -2.06. The zero-order chi connectivity index (χ0) is 13.1. The third-order valence-corrected chi connectivity index (χ3v) is 2.10. The van der Waals surface area contributed by atoms with Crippen molar-refractivity contribution in [1.29, 1.82) is 0 Å². The molecule has 0 unspecified atom stereocenters. The second kappa shape index (κ2) is 4.99. The Hall–Kier alpha value is -1.85. The average Bonchev–Trinajstić information content (AvgIpc) is 2.25. The summed E-state index contributed by atoms with van der Waals surface area (Å²) in [4.78, 5) is 21.6. The molecule has 0 amide bonds. The third-order valence-electron chi connectivity index (χ3n) is 2.10. The minimum atomic E-state index is -4.44. The number of carboxylic acids is 1. The van der Waals surface area contributed by atoms with Gasteiger partial charge in [0.2, 0.25) is 0 Å². The number of rotatable bonds is 4. The molecule has 0 aliphatic rings. The van der Waals surface area contributed by atoms with Gasteiger partial charge in [-0.1, -0.05) is 12.1 Å². The number of Topliss-reactive ketones (excluding diaryl/α,β-unsaturated/α-hetero) is 1. The van der Waals surface area contributed by atoms with E-state index in [0.29, 0.717) is 0 Å². The standard InChI is InChI=1S/C11H9F3O3/c12-11(13,14)8-3-1-7(2-4-8)9(15)5-6-10(16)17/h1-4H,5-6H2,(H,16,17). The van der Waals surface area contributed by atoms with Crippen LogP contribution >= 0.6 is 0 Å². The van der Waals surface area contributed by atoms with E-state index in [4.69, 9.17) is 5.11 Å². The molecular weight excluding hydrogens is 237 g/mol. The van der Waals surface area contributed by atoms with E-state index in [1.165, 1.54) is 0 Å². The van der Waals surface area contributed by atoms with E-state index in [2.05, 4.69) is 0 Å². The lowest BCUT2D eigenvalue weighted by molar-refractivity contribution is -0.138. The smallest absolute Gasteiger partial charge is 0.416 e. The summed E-state index contributed by atoms with van der Waals surface area (Å²) in [5, 5.41) is 8.36. The maximum absolute atomic E-state index is 12.2. The highest BCUT2D eigenvalue weighted by Gasteiger charge is 2.30. The van der Waals surface area contributed by atoms with Crippen LogP contribution in [0.25, 0.3) is 0 Å². The molecule has 1 aromatic rings. The van der Waals surface area contributed by atoms with Crippen LogP contribution in [0.2, 0.25) is 0 Å². The minimum Gasteiger partial charge on any atom is -0.481 e. The van der Waals surface area contributed by atoms with Crippen LogP contribution in [0.4, 0.5) is 13.2 Å². The van der Waals surface area contributed by atoms with E-state index in [-0.39, 0.29) is 18.4 Å². The number of ketones is 1. The molecule has 3 nitrogen and oxygen atoms in total. The van der Waals surface area contributed by atoms with Crippen LogP contribution in [-0.4, -0.2) is 16.9 Å². The summed E-state index contributed by atoms with van der Waals surface area (Å²) >= 11 is 0. The maximum Gasteiger partial charge on any atom is 0.416 e. The first-order valence-corrected chi connectivity index (χ1v) is 4.73. The second-order valence-corrected chi connectivity index (χ2v) is 3.39. The summed E-state index contributed by atoms with van der Waals surface area (Å²) < 4.78 is 36.6. The molecule has 0 aromatic heterocycles.